The molecule has 1 N–H and O–H groups in total. The number of nitrogens with one attached hydrogen (secondary N) is 1. The standard InChI is InChI=1S/C12H14BrF3N2.2ClH/c13-10-2-1-8(14)7-9(10)11(12(15)16)18-5-3-17-4-6-18;;/h1-2,7,11-12,17H,3-6H2;2*1H/t11-;;/m0../s1. The summed E-state index contributed by atoms with van der Waals surface area (Å²) in [4.78, 5) is 1.70. The molecule has 1 aromatic carbocycles. The molecule has 116 valence electrons. The summed E-state index contributed by atoms with van der Waals surface area (Å²) < 4.78 is 40.3. The first-order chi connectivity index (χ1) is 8.59. The van der Waals surface area contributed by atoms with Gasteiger partial charge in [-0.15, -0.1) is 24.8 Å². The quantitative estimate of drug-likeness (QED) is 0.840. The summed E-state index contributed by atoms with van der Waals surface area (Å²) in [6, 6.07) is 2.86. The van der Waals surface area contributed by atoms with Crippen molar-refractivity contribution in [1.29, 1.82) is 0 Å². The lowest BCUT2D eigenvalue weighted by molar-refractivity contribution is 0.0177. The molecular weight excluding hydrogens is 380 g/mol. The molecule has 0 saturated carbocycles. The highest BCUT2D eigenvalue weighted by Crippen LogP contribution is 2.33. The minimum atomic E-state index is -2.54. The Morgan fingerprint density at radius 3 is 2.30 bits per heavy atom. The molecule has 2 nitrogen and oxygen atoms in total. The molecule has 0 aliphatic carbocycles. The van der Waals surface area contributed by atoms with Crippen molar-refractivity contribution in [2.45, 2.75) is 12.5 Å². The van der Waals surface area contributed by atoms with Crippen LogP contribution in [0.25, 0.3) is 0 Å². The molecule has 0 spiro atoms. The molecular formula is C12H16BrCl2F3N2. The molecule has 1 aromatic rings. The Kier molecular flexibility index (Phi) is 9.09. The molecule has 1 aliphatic heterocycles. The number of rotatable bonds is 3. The van der Waals surface area contributed by atoms with Crippen molar-refractivity contribution in [3.8, 4) is 0 Å². The molecule has 0 bridgehead atoms. The van der Waals surface area contributed by atoms with Gasteiger partial charge in [0.15, 0.2) is 0 Å². The van der Waals surface area contributed by atoms with Crippen molar-refractivity contribution >= 4 is 40.7 Å². The second-order valence-electron chi connectivity index (χ2n) is 4.23. The van der Waals surface area contributed by atoms with Crippen LogP contribution in [-0.2, 0) is 0 Å². The van der Waals surface area contributed by atoms with E-state index in [1.165, 1.54) is 18.2 Å². The zero-order chi connectivity index (χ0) is 13.1. The number of nitrogens with zero attached hydrogens (tertiary/aromatic N) is 1. The summed E-state index contributed by atoms with van der Waals surface area (Å²) in [6.45, 7) is 2.43. The molecule has 0 amide bonds. The summed E-state index contributed by atoms with van der Waals surface area (Å²) in [7, 11) is 0. The highest BCUT2D eigenvalue weighted by molar-refractivity contribution is 9.10. The van der Waals surface area contributed by atoms with Gasteiger partial charge >= 0.3 is 0 Å². The van der Waals surface area contributed by atoms with Crippen molar-refractivity contribution in [3.05, 3.63) is 34.1 Å². The predicted molar refractivity (Wildman–Crippen MR) is 81.8 cm³/mol. The van der Waals surface area contributed by atoms with Gasteiger partial charge in [0.1, 0.15) is 5.82 Å². The van der Waals surface area contributed by atoms with Gasteiger partial charge in [0.2, 0.25) is 0 Å². The minimum absolute atomic E-state index is 0. The van der Waals surface area contributed by atoms with Crippen LogP contribution < -0.4 is 5.32 Å². The van der Waals surface area contributed by atoms with E-state index in [-0.39, 0.29) is 24.8 Å². The summed E-state index contributed by atoms with van der Waals surface area (Å²) in [5.74, 6) is -0.492. The number of benzene rings is 1. The maximum absolute atomic E-state index is 13.3. The molecule has 1 saturated heterocycles. The second-order valence-corrected chi connectivity index (χ2v) is 5.09. The van der Waals surface area contributed by atoms with Crippen LogP contribution >= 0.6 is 40.7 Å². The van der Waals surface area contributed by atoms with Gasteiger partial charge in [-0.2, -0.15) is 0 Å². The van der Waals surface area contributed by atoms with E-state index in [9.17, 15) is 13.2 Å². The Bertz CT molecular complexity index is 418. The first kappa shape index (κ1) is 20.0. The normalized spacial score (nSPS) is 17.2. The lowest BCUT2D eigenvalue weighted by Gasteiger charge is -2.35. The molecule has 20 heavy (non-hydrogen) atoms. The maximum atomic E-state index is 13.3. The van der Waals surface area contributed by atoms with Crippen molar-refractivity contribution in [1.82, 2.24) is 10.2 Å². The van der Waals surface area contributed by atoms with Gasteiger partial charge < -0.3 is 5.32 Å². The van der Waals surface area contributed by atoms with Crippen molar-refractivity contribution in [2.75, 3.05) is 26.2 Å². The average Bonchev–Trinajstić information content (AvgIpc) is 2.35. The summed E-state index contributed by atoms with van der Waals surface area (Å²) >= 11 is 3.22. The maximum Gasteiger partial charge on any atom is 0.258 e. The Hall–Kier alpha value is -0.0100. The molecule has 1 heterocycles. The average molecular weight is 396 g/mol. The van der Waals surface area contributed by atoms with Crippen LogP contribution in [0.4, 0.5) is 13.2 Å². The van der Waals surface area contributed by atoms with Crippen molar-refractivity contribution in [3.63, 3.8) is 0 Å². The van der Waals surface area contributed by atoms with Gasteiger partial charge in [-0.05, 0) is 23.8 Å². The van der Waals surface area contributed by atoms with Gasteiger partial charge in [-0.1, -0.05) is 15.9 Å². The largest absolute Gasteiger partial charge is 0.314 e. The topological polar surface area (TPSA) is 15.3 Å². The first-order valence-electron chi connectivity index (χ1n) is 5.77. The monoisotopic (exact) mass is 394 g/mol. The zero-order valence-corrected chi connectivity index (χ0v) is 13.7. The van der Waals surface area contributed by atoms with Gasteiger partial charge in [-0.3, -0.25) is 4.90 Å². The molecule has 0 radical (unpaired) electrons. The first-order valence-corrected chi connectivity index (χ1v) is 6.57. The SMILES string of the molecule is Cl.Cl.Fc1ccc(Br)c([C@@H](C(F)F)N2CCNCC2)c1. The fraction of sp³-hybridized carbons (Fsp3) is 0.500. The summed E-state index contributed by atoms with van der Waals surface area (Å²) in [5, 5.41) is 3.11. The second kappa shape index (κ2) is 9.10. The summed E-state index contributed by atoms with van der Waals surface area (Å²) in [6.07, 6.45) is -2.54. The van der Waals surface area contributed by atoms with E-state index in [4.69, 9.17) is 0 Å². The van der Waals surface area contributed by atoms with E-state index >= 15 is 0 Å². The lowest BCUT2D eigenvalue weighted by Crippen LogP contribution is -2.47. The van der Waals surface area contributed by atoms with Crippen LogP contribution in [0.3, 0.4) is 0 Å². The number of halogens is 6. The van der Waals surface area contributed by atoms with E-state index in [2.05, 4.69) is 21.2 Å². The molecule has 0 unspecified atom stereocenters. The Labute approximate surface area is 137 Å². The van der Waals surface area contributed by atoms with Gasteiger partial charge in [-0.25, -0.2) is 13.2 Å². The zero-order valence-electron chi connectivity index (χ0n) is 10.5. The van der Waals surface area contributed by atoms with Crippen LogP contribution in [0.15, 0.2) is 22.7 Å². The number of hydrogen-bond acceptors (Lipinski definition) is 2. The van der Waals surface area contributed by atoms with Crippen LogP contribution in [0.2, 0.25) is 0 Å². The third-order valence-electron chi connectivity index (χ3n) is 3.06. The van der Waals surface area contributed by atoms with Gasteiger partial charge in [0, 0.05) is 30.7 Å². The Morgan fingerprint density at radius 1 is 1.15 bits per heavy atom. The van der Waals surface area contributed by atoms with Crippen molar-refractivity contribution in [2.24, 2.45) is 0 Å². The number of hydrogen-bond donors (Lipinski definition) is 1. The van der Waals surface area contributed by atoms with Gasteiger partial charge in [0.25, 0.3) is 6.43 Å². The molecule has 1 aliphatic rings. The van der Waals surface area contributed by atoms with E-state index < -0.39 is 18.3 Å². The lowest BCUT2D eigenvalue weighted by atomic mass is 10.0. The fourth-order valence-corrected chi connectivity index (χ4v) is 2.67. The van der Waals surface area contributed by atoms with Crippen LogP contribution in [-0.4, -0.2) is 37.5 Å². The third-order valence-corrected chi connectivity index (χ3v) is 3.78. The fourth-order valence-electron chi connectivity index (χ4n) is 2.19. The van der Waals surface area contributed by atoms with Gasteiger partial charge in [0.05, 0.1) is 6.04 Å². The molecule has 8 heteroatoms. The Balaban J connectivity index is 0.00000180. The highest BCUT2D eigenvalue weighted by atomic mass is 79.9. The van der Waals surface area contributed by atoms with Crippen LogP contribution in [0.5, 0.6) is 0 Å². The predicted octanol–water partition coefficient (Wildman–Crippen LogP) is 3.64. The molecule has 1 atom stereocenters. The third kappa shape index (κ3) is 4.77. The van der Waals surface area contributed by atoms with Crippen LogP contribution in [0, 0.1) is 5.82 Å². The van der Waals surface area contributed by atoms with E-state index in [0.717, 1.165) is 0 Å². The summed E-state index contributed by atoms with van der Waals surface area (Å²) in [5.41, 5.74) is 0.312. The number of alkyl halides is 2. The van der Waals surface area contributed by atoms with E-state index in [1.807, 2.05) is 0 Å². The van der Waals surface area contributed by atoms with Crippen molar-refractivity contribution < 1.29 is 13.2 Å². The minimum Gasteiger partial charge on any atom is -0.314 e. The smallest absolute Gasteiger partial charge is 0.258 e. The van der Waals surface area contributed by atoms with E-state index in [1.54, 1.807) is 4.90 Å². The molecule has 0 aromatic heterocycles. The van der Waals surface area contributed by atoms with Crippen LogP contribution in [0.1, 0.15) is 11.6 Å². The molecule has 1 fully saturated rings. The van der Waals surface area contributed by atoms with E-state index in [0.29, 0.717) is 36.2 Å². The Morgan fingerprint density at radius 2 is 1.75 bits per heavy atom. The number of piperazine rings is 1. The molecule has 2 rings (SSSR count). The highest BCUT2D eigenvalue weighted by Gasteiger charge is 2.31.